The van der Waals surface area contributed by atoms with Gasteiger partial charge in [-0.2, -0.15) is 0 Å². The molecule has 0 aliphatic heterocycles. The van der Waals surface area contributed by atoms with Crippen LogP contribution in [0.5, 0.6) is 0 Å². The number of nitrogens with zero attached hydrogens (tertiary/aromatic N) is 1. The van der Waals surface area contributed by atoms with Crippen LogP contribution in [0.1, 0.15) is 46.5 Å². The molecule has 4 nitrogen and oxygen atoms in total. The monoisotopic (exact) mass is 281 g/mol. The Morgan fingerprint density at radius 1 is 1.20 bits per heavy atom. The van der Waals surface area contributed by atoms with E-state index in [1.54, 1.807) is 18.9 Å². The molecular weight excluding hydrogens is 261 g/mol. The van der Waals surface area contributed by atoms with Crippen LogP contribution in [0.15, 0.2) is 18.2 Å². The van der Waals surface area contributed by atoms with Crippen LogP contribution in [-0.2, 0) is 11.4 Å². The lowest BCUT2D eigenvalue weighted by Gasteiger charge is -2.17. The van der Waals surface area contributed by atoms with Gasteiger partial charge in [-0.3, -0.25) is 4.79 Å². The van der Waals surface area contributed by atoms with Crippen LogP contribution in [0.25, 0.3) is 0 Å². The summed E-state index contributed by atoms with van der Waals surface area (Å²) in [6, 6.07) is 4.33. The number of alkyl halides is 1. The van der Waals surface area contributed by atoms with Gasteiger partial charge >= 0.3 is 5.97 Å². The van der Waals surface area contributed by atoms with E-state index < -0.39 is 12.6 Å². The second-order valence-corrected chi connectivity index (χ2v) is 4.50. The zero-order valence-corrected chi connectivity index (χ0v) is 12.1. The Hall–Kier alpha value is -1.91. The smallest absolute Gasteiger partial charge is 0.338 e. The molecule has 0 unspecified atom stereocenters. The molecule has 0 saturated heterocycles. The van der Waals surface area contributed by atoms with E-state index in [9.17, 15) is 14.0 Å². The maximum atomic E-state index is 12.9. The van der Waals surface area contributed by atoms with Gasteiger partial charge in [0.05, 0.1) is 12.2 Å². The Morgan fingerprint density at radius 2 is 1.85 bits per heavy atom. The summed E-state index contributed by atoms with van der Waals surface area (Å²) in [6.45, 7) is 3.76. The number of ether oxygens (including phenoxy) is 1. The molecule has 0 saturated carbocycles. The molecule has 110 valence electrons. The van der Waals surface area contributed by atoms with Crippen molar-refractivity contribution in [1.82, 2.24) is 4.90 Å². The highest BCUT2D eigenvalue weighted by atomic mass is 19.1. The largest absolute Gasteiger partial charge is 0.462 e. The third kappa shape index (κ3) is 4.05. The van der Waals surface area contributed by atoms with Crippen molar-refractivity contribution in [2.45, 2.75) is 26.9 Å². The molecule has 0 aliphatic rings. The van der Waals surface area contributed by atoms with Crippen molar-refractivity contribution in [3.8, 4) is 0 Å². The predicted molar refractivity (Wildman–Crippen MR) is 74.5 cm³/mol. The van der Waals surface area contributed by atoms with Gasteiger partial charge in [-0.1, -0.05) is 6.92 Å². The van der Waals surface area contributed by atoms with Crippen LogP contribution in [0.4, 0.5) is 4.39 Å². The Balaban J connectivity index is 3.10. The number of esters is 1. The molecule has 0 atom stereocenters. The Labute approximate surface area is 118 Å². The Morgan fingerprint density at radius 3 is 2.40 bits per heavy atom. The van der Waals surface area contributed by atoms with E-state index in [2.05, 4.69) is 0 Å². The first kappa shape index (κ1) is 16.1. The molecule has 0 N–H and O–H groups in total. The van der Waals surface area contributed by atoms with Crippen molar-refractivity contribution in [3.05, 3.63) is 34.9 Å². The van der Waals surface area contributed by atoms with Crippen LogP contribution in [-0.4, -0.2) is 37.0 Å². The number of halogens is 1. The summed E-state index contributed by atoms with van der Waals surface area (Å²) in [5.41, 5.74) is 0.804. The minimum atomic E-state index is -0.731. The third-order valence-corrected chi connectivity index (χ3v) is 2.81. The van der Waals surface area contributed by atoms with Gasteiger partial charge in [-0.25, -0.2) is 9.18 Å². The van der Waals surface area contributed by atoms with E-state index in [0.29, 0.717) is 17.7 Å². The molecule has 1 aromatic rings. The molecule has 0 spiro atoms. The normalized spacial score (nSPS) is 10.2. The van der Waals surface area contributed by atoms with Crippen molar-refractivity contribution >= 4 is 11.9 Å². The van der Waals surface area contributed by atoms with Gasteiger partial charge in [0.1, 0.15) is 6.67 Å². The summed E-state index contributed by atoms with van der Waals surface area (Å²) in [4.78, 5) is 25.4. The van der Waals surface area contributed by atoms with E-state index in [1.807, 2.05) is 6.92 Å². The van der Waals surface area contributed by atoms with E-state index in [4.69, 9.17) is 4.74 Å². The number of amides is 1. The third-order valence-electron chi connectivity index (χ3n) is 2.81. The second-order valence-electron chi connectivity index (χ2n) is 4.50. The highest BCUT2D eigenvalue weighted by Gasteiger charge is 2.16. The second kappa shape index (κ2) is 7.62. The number of carbonyl (C=O) groups is 2. The summed E-state index contributed by atoms with van der Waals surface area (Å²) in [5.74, 6) is -0.775. The molecule has 0 radical (unpaired) electrons. The van der Waals surface area contributed by atoms with E-state index in [0.717, 1.165) is 6.42 Å². The average molecular weight is 281 g/mol. The number of hydrogen-bond acceptors (Lipinski definition) is 3. The van der Waals surface area contributed by atoms with Crippen LogP contribution in [0.3, 0.4) is 0 Å². The first-order valence-electron chi connectivity index (χ1n) is 6.66. The summed E-state index contributed by atoms with van der Waals surface area (Å²) < 4.78 is 17.8. The van der Waals surface area contributed by atoms with Crippen molar-refractivity contribution in [1.29, 1.82) is 0 Å². The molecule has 1 amide bonds. The number of benzene rings is 1. The molecule has 1 aromatic carbocycles. The van der Waals surface area contributed by atoms with Crippen LogP contribution in [0.2, 0.25) is 0 Å². The molecule has 1 rings (SSSR count). The van der Waals surface area contributed by atoms with E-state index in [1.165, 1.54) is 18.2 Å². The molecule has 5 heteroatoms. The molecule has 0 bridgehead atoms. The Bertz CT molecular complexity index is 488. The van der Waals surface area contributed by atoms with Gasteiger partial charge in [-0.15, -0.1) is 0 Å². The van der Waals surface area contributed by atoms with Crippen LogP contribution < -0.4 is 0 Å². The van der Waals surface area contributed by atoms with Crippen LogP contribution >= 0.6 is 0 Å². The Kier molecular flexibility index (Phi) is 6.15. The van der Waals surface area contributed by atoms with Crippen LogP contribution in [0, 0.1) is 0 Å². The lowest BCUT2D eigenvalue weighted by atomic mass is 10.1. The van der Waals surface area contributed by atoms with Gasteiger partial charge in [0.2, 0.25) is 0 Å². The first-order chi connectivity index (χ1) is 9.53. The summed E-state index contributed by atoms with van der Waals surface area (Å²) in [7, 11) is 1.68. The van der Waals surface area contributed by atoms with Crippen molar-refractivity contribution < 1.29 is 18.7 Å². The van der Waals surface area contributed by atoms with Crippen molar-refractivity contribution in [3.63, 3.8) is 0 Å². The zero-order valence-electron chi connectivity index (χ0n) is 12.1. The summed E-state index contributed by atoms with van der Waals surface area (Å²) in [5, 5.41) is 0. The van der Waals surface area contributed by atoms with Crippen molar-refractivity contribution in [2.24, 2.45) is 0 Å². The van der Waals surface area contributed by atoms with Gasteiger partial charge in [0, 0.05) is 19.2 Å². The molecule has 0 fully saturated rings. The predicted octanol–water partition coefficient (Wildman–Crippen LogP) is 2.81. The zero-order chi connectivity index (χ0) is 15.1. The average Bonchev–Trinajstić information content (AvgIpc) is 2.46. The van der Waals surface area contributed by atoms with Gasteiger partial charge in [-0.05, 0) is 37.1 Å². The lowest BCUT2D eigenvalue weighted by Crippen LogP contribution is -2.27. The fourth-order valence-corrected chi connectivity index (χ4v) is 1.88. The number of carbonyl (C=O) groups excluding carboxylic acids is 2. The van der Waals surface area contributed by atoms with Crippen molar-refractivity contribution in [2.75, 3.05) is 20.2 Å². The minimum absolute atomic E-state index is 0.204. The highest BCUT2D eigenvalue weighted by molar-refractivity contribution is 5.98. The molecule has 0 aliphatic carbocycles. The maximum absolute atomic E-state index is 12.9. The lowest BCUT2D eigenvalue weighted by molar-refractivity contribution is 0.0526. The number of hydrogen-bond donors (Lipinski definition) is 0. The maximum Gasteiger partial charge on any atom is 0.338 e. The van der Waals surface area contributed by atoms with E-state index in [-0.39, 0.29) is 18.1 Å². The molecule has 0 heterocycles. The van der Waals surface area contributed by atoms with E-state index >= 15 is 0 Å². The molecule has 20 heavy (non-hydrogen) atoms. The fraction of sp³-hybridized carbons (Fsp3) is 0.467. The fourth-order valence-electron chi connectivity index (χ4n) is 1.88. The SMILES string of the molecule is CCCN(C)C(=O)c1cc(CF)cc(C(=O)OCC)c1. The molecular formula is C15H20FNO3. The summed E-state index contributed by atoms with van der Waals surface area (Å²) >= 11 is 0. The van der Waals surface area contributed by atoms with Gasteiger partial charge in [0.25, 0.3) is 5.91 Å². The number of rotatable bonds is 6. The standard InChI is InChI=1S/C15H20FNO3/c1-4-6-17(3)14(18)12-7-11(10-16)8-13(9-12)15(19)20-5-2/h7-9H,4-6,10H2,1-3H3. The topological polar surface area (TPSA) is 46.6 Å². The first-order valence-corrected chi connectivity index (χ1v) is 6.66. The quantitative estimate of drug-likeness (QED) is 0.753. The van der Waals surface area contributed by atoms with Gasteiger partial charge < -0.3 is 9.64 Å². The molecule has 0 aromatic heterocycles. The highest BCUT2D eigenvalue weighted by Crippen LogP contribution is 2.15. The van der Waals surface area contributed by atoms with Gasteiger partial charge in [0.15, 0.2) is 0 Å². The minimum Gasteiger partial charge on any atom is -0.462 e. The summed E-state index contributed by atoms with van der Waals surface area (Å²) in [6.07, 6.45) is 0.829.